The molecule has 1 unspecified atom stereocenters. The molecule has 6 heteroatoms. The van der Waals surface area contributed by atoms with Gasteiger partial charge in [0.15, 0.2) is 0 Å². The van der Waals surface area contributed by atoms with Crippen molar-refractivity contribution in [2.45, 2.75) is 19.4 Å². The van der Waals surface area contributed by atoms with Gasteiger partial charge in [0.05, 0.1) is 25.1 Å². The Hall–Kier alpha value is -1.40. The van der Waals surface area contributed by atoms with Crippen LogP contribution in [0.15, 0.2) is 12.4 Å². The van der Waals surface area contributed by atoms with Crippen LogP contribution in [0.1, 0.15) is 13.3 Å². The molecule has 0 aliphatic rings. The maximum Gasteiger partial charge on any atom is 0.147 e. The van der Waals surface area contributed by atoms with Gasteiger partial charge in [-0.25, -0.2) is 4.98 Å². The molecule has 16 heavy (non-hydrogen) atoms. The molecule has 0 aliphatic heterocycles. The molecule has 90 valence electrons. The summed E-state index contributed by atoms with van der Waals surface area (Å²) in [4.78, 5) is 8.25. The summed E-state index contributed by atoms with van der Waals surface area (Å²) >= 11 is 0. The van der Waals surface area contributed by atoms with Gasteiger partial charge in [0.25, 0.3) is 0 Å². The van der Waals surface area contributed by atoms with Gasteiger partial charge in [0, 0.05) is 13.1 Å². The van der Waals surface area contributed by atoms with Crippen molar-refractivity contribution in [2.24, 2.45) is 0 Å². The van der Waals surface area contributed by atoms with Crippen LogP contribution >= 0.6 is 0 Å². The number of rotatable bonds is 7. The van der Waals surface area contributed by atoms with Crippen LogP contribution in [0.25, 0.3) is 0 Å². The largest absolute Gasteiger partial charge is 0.394 e. The van der Waals surface area contributed by atoms with Gasteiger partial charge in [0.2, 0.25) is 0 Å². The highest BCUT2D eigenvalue weighted by atomic mass is 16.3. The van der Waals surface area contributed by atoms with Gasteiger partial charge < -0.3 is 20.8 Å². The molecule has 1 heterocycles. The molecule has 0 radical (unpaired) electrons. The molecule has 0 fully saturated rings. The van der Waals surface area contributed by atoms with Crippen molar-refractivity contribution in [3.8, 4) is 0 Å². The van der Waals surface area contributed by atoms with Gasteiger partial charge in [-0.2, -0.15) is 0 Å². The first kappa shape index (κ1) is 12.7. The summed E-state index contributed by atoms with van der Waals surface area (Å²) in [6.45, 7) is 2.90. The lowest BCUT2D eigenvalue weighted by molar-refractivity contribution is 0.105. The Morgan fingerprint density at radius 1 is 1.31 bits per heavy atom. The molecule has 0 aromatic carbocycles. The molecule has 0 spiro atoms. The Morgan fingerprint density at radius 2 is 2.00 bits per heavy atom. The number of hydrogen-bond acceptors (Lipinski definition) is 6. The normalized spacial score (nSPS) is 12.2. The fraction of sp³-hybridized carbons (Fsp3) is 0.600. The molecule has 0 saturated heterocycles. The molecule has 1 rings (SSSR count). The third-order valence-electron chi connectivity index (χ3n) is 1.92. The fourth-order valence-electron chi connectivity index (χ4n) is 1.08. The average Bonchev–Trinajstić information content (AvgIpc) is 2.34. The fourth-order valence-corrected chi connectivity index (χ4v) is 1.08. The number of anilines is 2. The number of nitrogens with one attached hydrogen (secondary N) is 2. The van der Waals surface area contributed by atoms with E-state index in [1.165, 1.54) is 0 Å². The van der Waals surface area contributed by atoms with Crippen LogP contribution in [0.2, 0.25) is 0 Å². The van der Waals surface area contributed by atoms with Gasteiger partial charge in [0.1, 0.15) is 11.6 Å². The summed E-state index contributed by atoms with van der Waals surface area (Å²) in [6.07, 6.45) is 3.45. The second-order valence-electron chi connectivity index (χ2n) is 3.43. The van der Waals surface area contributed by atoms with E-state index in [1.807, 2.05) is 0 Å². The number of aliphatic hydroxyl groups is 2. The Morgan fingerprint density at radius 3 is 2.62 bits per heavy atom. The van der Waals surface area contributed by atoms with Crippen LogP contribution in [0.5, 0.6) is 0 Å². The topological polar surface area (TPSA) is 90.3 Å². The zero-order chi connectivity index (χ0) is 11.8. The van der Waals surface area contributed by atoms with E-state index in [9.17, 15) is 0 Å². The van der Waals surface area contributed by atoms with Gasteiger partial charge in [-0.05, 0) is 6.42 Å². The van der Waals surface area contributed by atoms with Crippen molar-refractivity contribution in [1.82, 2.24) is 9.97 Å². The van der Waals surface area contributed by atoms with E-state index >= 15 is 0 Å². The van der Waals surface area contributed by atoms with Crippen molar-refractivity contribution in [1.29, 1.82) is 0 Å². The summed E-state index contributed by atoms with van der Waals surface area (Å²) in [6, 6.07) is 0. The molecule has 0 amide bonds. The third kappa shape index (κ3) is 4.41. The summed E-state index contributed by atoms with van der Waals surface area (Å²) in [7, 11) is 0. The standard InChI is InChI=1S/C10H18N4O2/c1-2-3-12-9-5-11-6-10(14-9)13-4-8(16)7-15/h5-6,8,15-16H,2-4,7H2,1H3,(H2,12,13,14). The number of aromatic nitrogens is 2. The van der Waals surface area contributed by atoms with Gasteiger partial charge in [-0.3, -0.25) is 4.98 Å². The number of hydrogen-bond donors (Lipinski definition) is 4. The molecule has 1 aromatic heterocycles. The highest BCUT2D eigenvalue weighted by molar-refractivity contribution is 5.41. The first-order valence-corrected chi connectivity index (χ1v) is 5.35. The quantitative estimate of drug-likeness (QED) is 0.526. The van der Waals surface area contributed by atoms with Gasteiger partial charge in [-0.1, -0.05) is 6.92 Å². The molecular formula is C10H18N4O2. The van der Waals surface area contributed by atoms with E-state index in [0.717, 1.165) is 13.0 Å². The van der Waals surface area contributed by atoms with E-state index in [2.05, 4.69) is 27.5 Å². The molecular weight excluding hydrogens is 208 g/mol. The monoisotopic (exact) mass is 226 g/mol. The minimum absolute atomic E-state index is 0.252. The first-order valence-electron chi connectivity index (χ1n) is 5.35. The molecule has 1 aromatic rings. The molecule has 0 aliphatic carbocycles. The minimum atomic E-state index is -0.783. The smallest absolute Gasteiger partial charge is 0.147 e. The van der Waals surface area contributed by atoms with E-state index in [-0.39, 0.29) is 13.2 Å². The lowest BCUT2D eigenvalue weighted by Crippen LogP contribution is -2.23. The Kier molecular flexibility index (Phi) is 5.52. The predicted molar refractivity (Wildman–Crippen MR) is 62.4 cm³/mol. The second kappa shape index (κ2) is 6.97. The van der Waals surface area contributed by atoms with E-state index in [0.29, 0.717) is 11.6 Å². The first-order chi connectivity index (χ1) is 7.76. The Balaban J connectivity index is 2.46. The summed E-state index contributed by atoms with van der Waals surface area (Å²) in [5, 5.41) is 23.8. The predicted octanol–water partition coefficient (Wildman–Crippen LogP) is 0.0636. The maximum atomic E-state index is 9.15. The summed E-state index contributed by atoms with van der Waals surface area (Å²) in [5.74, 6) is 1.28. The van der Waals surface area contributed by atoms with Crippen molar-refractivity contribution in [3.05, 3.63) is 12.4 Å². The molecule has 6 nitrogen and oxygen atoms in total. The van der Waals surface area contributed by atoms with Gasteiger partial charge >= 0.3 is 0 Å². The Bertz CT molecular complexity index is 309. The SMILES string of the molecule is CCCNc1cncc(NCC(O)CO)n1. The number of nitrogens with zero attached hydrogens (tertiary/aromatic N) is 2. The minimum Gasteiger partial charge on any atom is -0.394 e. The van der Waals surface area contributed by atoms with Crippen molar-refractivity contribution < 1.29 is 10.2 Å². The highest BCUT2D eigenvalue weighted by Gasteiger charge is 2.02. The third-order valence-corrected chi connectivity index (χ3v) is 1.92. The van der Waals surface area contributed by atoms with E-state index < -0.39 is 6.10 Å². The van der Waals surface area contributed by atoms with Crippen molar-refractivity contribution >= 4 is 11.6 Å². The average molecular weight is 226 g/mol. The summed E-state index contributed by atoms with van der Waals surface area (Å²) in [5.41, 5.74) is 0. The maximum absolute atomic E-state index is 9.15. The van der Waals surface area contributed by atoms with E-state index in [1.54, 1.807) is 12.4 Å². The lowest BCUT2D eigenvalue weighted by Gasteiger charge is -2.10. The van der Waals surface area contributed by atoms with Crippen molar-refractivity contribution in [2.75, 3.05) is 30.3 Å². The van der Waals surface area contributed by atoms with Crippen LogP contribution in [-0.2, 0) is 0 Å². The highest BCUT2D eigenvalue weighted by Crippen LogP contribution is 2.06. The zero-order valence-electron chi connectivity index (χ0n) is 9.35. The molecule has 0 saturated carbocycles. The van der Waals surface area contributed by atoms with E-state index in [4.69, 9.17) is 10.2 Å². The second-order valence-corrected chi connectivity index (χ2v) is 3.43. The van der Waals surface area contributed by atoms with Crippen LogP contribution in [-0.4, -0.2) is 46.0 Å². The van der Waals surface area contributed by atoms with Crippen LogP contribution in [0.4, 0.5) is 11.6 Å². The van der Waals surface area contributed by atoms with Crippen LogP contribution in [0.3, 0.4) is 0 Å². The van der Waals surface area contributed by atoms with Crippen LogP contribution < -0.4 is 10.6 Å². The molecule has 0 bridgehead atoms. The van der Waals surface area contributed by atoms with Crippen molar-refractivity contribution in [3.63, 3.8) is 0 Å². The van der Waals surface area contributed by atoms with Gasteiger partial charge in [-0.15, -0.1) is 0 Å². The summed E-state index contributed by atoms with van der Waals surface area (Å²) < 4.78 is 0. The lowest BCUT2D eigenvalue weighted by atomic mass is 10.4. The molecule has 1 atom stereocenters. The van der Waals surface area contributed by atoms with Crippen LogP contribution in [0, 0.1) is 0 Å². The number of aliphatic hydroxyl groups excluding tert-OH is 2. The Labute approximate surface area is 94.7 Å². The molecule has 4 N–H and O–H groups in total. The zero-order valence-corrected chi connectivity index (χ0v) is 9.35.